The number of hydrogen-bond acceptors (Lipinski definition) is 3. The van der Waals surface area contributed by atoms with Gasteiger partial charge in [0.05, 0.1) is 6.04 Å². The third-order valence-electron chi connectivity index (χ3n) is 2.84. The predicted octanol–water partition coefficient (Wildman–Crippen LogP) is -0.506. The molecule has 86 valence electrons. The van der Waals surface area contributed by atoms with Crippen molar-refractivity contribution in [1.82, 2.24) is 5.32 Å². The number of amides is 2. The summed E-state index contributed by atoms with van der Waals surface area (Å²) in [6.45, 7) is 1.64. The number of carbonyl (C=O) groups excluding carboxylic acids is 2. The Morgan fingerprint density at radius 2 is 2.07 bits per heavy atom. The molecule has 1 rings (SSSR count). The highest BCUT2D eigenvalue weighted by Gasteiger charge is 2.26. The molecule has 0 aromatic carbocycles. The maximum Gasteiger partial charge on any atom is 0.236 e. The van der Waals surface area contributed by atoms with Gasteiger partial charge in [-0.05, 0) is 26.2 Å². The van der Waals surface area contributed by atoms with Crippen LogP contribution in [0.15, 0.2) is 0 Å². The van der Waals surface area contributed by atoms with Crippen LogP contribution in [0.4, 0.5) is 0 Å². The van der Waals surface area contributed by atoms with Crippen molar-refractivity contribution in [2.45, 2.75) is 44.7 Å². The van der Waals surface area contributed by atoms with E-state index in [-0.39, 0.29) is 23.8 Å². The number of rotatable bonds is 3. The fraction of sp³-hybridized carbons (Fsp3) is 0.800. The Bertz CT molecular complexity index is 253. The summed E-state index contributed by atoms with van der Waals surface area (Å²) in [7, 11) is 0. The lowest BCUT2D eigenvalue weighted by Gasteiger charge is -2.28. The molecule has 3 atom stereocenters. The highest BCUT2D eigenvalue weighted by Crippen LogP contribution is 2.23. The van der Waals surface area contributed by atoms with Crippen molar-refractivity contribution in [1.29, 1.82) is 0 Å². The molecule has 0 aromatic rings. The maximum atomic E-state index is 11.3. The number of hydrogen-bond donors (Lipinski definition) is 3. The third-order valence-corrected chi connectivity index (χ3v) is 2.84. The molecule has 0 heterocycles. The van der Waals surface area contributed by atoms with E-state index in [2.05, 4.69) is 5.32 Å². The Morgan fingerprint density at radius 1 is 1.40 bits per heavy atom. The van der Waals surface area contributed by atoms with E-state index in [1.54, 1.807) is 6.92 Å². The van der Waals surface area contributed by atoms with Gasteiger partial charge < -0.3 is 16.8 Å². The molecular weight excluding hydrogens is 194 g/mol. The Hall–Kier alpha value is -1.10. The molecule has 1 aliphatic rings. The van der Waals surface area contributed by atoms with Crippen LogP contribution in [-0.2, 0) is 9.59 Å². The Kier molecular flexibility index (Phi) is 4.08. The minimum absolute atomic E-state index is 0.0507. The summed E-state index contributed by atoms with van der Waals surface area (Å²) >= 11 is 0. The van der Waals surface area contributed by atoms with Gasteiger partial charge in [-0.2, -0.15) is 0 Å². The summed E-state index contributed by atoms with van der Waals surface area (Å²) in [5.74, 6) is -0.531. The number of primary amides is 1. The van der Waals surface area contributed by atoms with E-state index in [9.17, 15) is 9.59 Å². The first-order chi connectivity index (χ1) is 7.00. The Labute approximate surface area is 89.6 Å². The zero-order chi connectivity index (χ0) is 11.4. The molecule has 0 aromatic heterocycles. The number of nitrogens with two attached hydrogens (primary N) is 2. The number of carbonyl (C=O) groups is 2. The van der Waals surface area contributed by atoms with E-state index in [1.807, 2.05) is 0 Å². The fourth-order valence-electron chi connectivity index (χ4n) is 1.91. The summed E-state index contributed by atoms with van der Waals surface area (Å²) in [4.78, 5) is 22.3. The van der Waals surface area contributed by atoms with Crippen molar-refractivity contribution in [2.24, 2.45) is 17.4 Å². The first-order valence-corrected chi connectivity index (χ1v) is 5.36. The fourth-order valence-corrected chi connectivity index (χ4v) is 1.91. The molecule has 5 nitrogen and oxygen atoms in total. The van der Waals surface area contributed by atoms with Gasteiger partial charge in [-0.3, -0.25) is 9.59 Å². The van der Waals surface area contributed by atoms with Crippen LogP contribution in [0.1, 0.15) is 32.6 Å². The van der Waals surface area contributed by atoms with E-state index in [1.165, 1.54) is 0 Å². The van der Waals surface area contributed by atoms with Crippen LogP contribution in [-0.4, -0.2) is 23.9 Å². The smallest absolute Gasteiger partial charge is 0.236 e. The van der Waals surface area contributed by atoms with Crippen LogP contribution in [0.5, 0.6) is 0 Å². The standard InChI is InChI=1S/C10H19N3O2/c1-6(11)10(15)13-8-4-2-3-7(5-8)9(12)14/h6-8H,2-5,11H2,1H3,(H2,12,14)(H,13,15). The monoisotopic (exact) mass is 213 g/mol. The van der Waals surface area contributed by atoms with Gasteiger partial charge in [-0.1, -0.05) is 6.42 Å². The van der Waals surface area contributed by atoms with Crippen LogP contribution in [0.2, 0.25) is 0 Å². The van der Waals surface area contributed by atoms with E-state index in [4.69, 9.17) is 11.5 Å². The van der Waals surface area contributed by atoms with Crippen molar-refractivity contribution in [3.8, 4) is 0 Å². The molecule has 0 bridgehead atoms. The zero-order valence-corrected chi connectivity index (χ0v) is 9.03. The van der Waals surface area contributed by atoms with Crippen LogP contribution >= 0.6 is 0 Å². The van der Waals surface area contributed by atoms with Crippen molar-refractivity contribution >= 4 is 11.8 Å². The molecule has 15 heavy (non-hydrogen) atoms. The lowest BCUT2D eigenvalue weighted by atomic mass is 9.85. The second kappa shape index (κ2) is 5.11. The van der Waals surface area contributed by atoms with Crippen LogP contribution in [0, 0.1) is 5.92 Å². The first-order valence-electron chi connectivity index (χ1n) is 5.36. The molecule has 1 saturated carbocycles. The van der Waals surface area contributed by atoms with Gasteiger partial charge in [-0.15, -0.1) is 0 Å². The molecule has 3 unspecified atom stereocenters. The lowest BCUT2D eigenvalue weighted by Crippen LogP contribution is -2.46. The third kappa shape index (κ3) is 3.51. The molecule has 0 aliphatic heterocycles. The van der Waals surface area contributed by atoms with Gasteiger partial charge in [0.1, 0.15) is 0 Å². The topological polar surface area (TPSA) is 98.2 Å². The summed E-state index contributed by atoms with van der Waals surface area (Å²) in [6, 6.07) is -0.450. The van der Waals surface area contributed by atoms with Crippen LogP contribution in [0.25, 0.3) is 0 Å². The van der Waals surface area contributed by atoms with Gasteiger partial charge in [-0.25, -0.2) is 0 Å². The second-order valence-electron chi connectivity index (χ2n) is 4.26. The number of nitrogens with one attached hydrogen (secondary N) is 1. The molecule has 0 radical (unpaired) electrons. The van der Waals surface area contributed by atoms with E-state index >= 15 is 0 Å². The first kappa shape index (κ1) is 12.0. The highest BCUT2D eigenvalue weighted by molar-refractivity contribution is 5.81. The Morgan fingerprint density at radius 3 is 2.60 bits per heavy atom. The maximum absolute atomic E-state index is 11.3. The molecule has 0 spiro atoms. The van der Waals surface area contributed by atoms with E-state index in [0.29, 0.717) is 6.42 Å². The molecular formula is C10H19N3O2. The van der Waals surface area contributed by atoms with Gasteiger partial charge in [0.15, 0.2) is 0 Å². The van der Waals surface area contributed by atoms with Gasteiger partial charge in [0.2, 0.25) is 11.8 Å². The quantitative estimate of drug-likeness (QED) is 0.589. The van der Waals surface area contributed by atoms with Crippen LogP contribution < -0.4 is 16.8 Å². The van der Waals surface area contributed by atoms with Crippen LogP contribution in [0.3, 0.4) is 0 Å². The van der Waals surface area contributed by atoms with Crippen molar-refractivity contribution in [2.75, 3.05) is 0 Å². The average molecular weight is 213 g/mol. The molecule has 5 heteroatoms. The van der Waals surface area contributed by atoms with Crippen molar-refractivity contribution < 1.29 is 9.59 Å². The average Bonchev–Trinajstić information content (AvgIpc) is 2.18. The summed E-state index contributed by atoms with van der Waals surface area (Å²) in [5, 5.41) is 2.83. The SMILES string of the molecule is CC(N)C(=O)NC1CCCC(C(N)=O)C1. The van der Waals surface area contributed by atoms with Gasteiger partial charge >= 0.3 is 0 Å². The molecule has 5 N–H and O–H groups in total. The predicted molar refractivity (Wildman–Crippen MR) is 56.7 cm³/mol. The minimum atomic E-state index is -0.501. The van der Waals surface area contributed by atoms with Crippen molar-refractivity contribution in [3.63, 3.8) is 0 Å². The van der Waals surface area contributed by atoms with Gasteiger partial charge in [0, 0.05) is 12.0 Å². The van der Waals surface area contributed by atoms with Crippen molar-refractivity contribution in [3.05, 3.63) is 0 Å². The normalized spacial score (nSPS) is 28.1. The summed E-state index contributed by atoms with van der Waals surface area (Å²) in [6.07, 6.45) is 3.31. The summed E-state index contributed by atoms with van der Waals surface area (Å²) < 4.78 is 0. The molecule has 2 amide bonds. The second-order valence-corrected chi connectivity index (χ2v) is 4.26. The largest absolute Gasteiger partial charge is 0.369 e. The Balaban J connectivity index is 2.43. The molecule has 1 aliphatic carbocycles. The van der Waals surface area contributed by atoms with Gasteiger partial charge in [0.25, 0.3) is 0 Å². The molecule has 0 saturated heterocycles. The molecule has 1 fully saturated rings. The summed E-state index contributed by atoms with van der Waals surface area (Å²) in [5.41, 5.74) is 10.7. The zero-order valence-electron chi connectivity index (χ0n) is 9.03. The van der Waals surface area contributed by atoms with E-state index in [0.717, 1.165) is 19.3 Å². The minimum Gasteiger partial charge on any atom is -0.369 e. The highest BCUT2D eigenvalue weighted by atomic mass is 16.2. The lowest BCUT2D eigenvalue weighted by molar-refractivity contribution is -0.125. The van der Waals surface area contributed by atoms with E-state index < -0.39 is 6.04 Å².